The van der Waals surface area contributed by atoms with E-state index in [4.69, 9.17) is 17.8 Å². The van der Waals surface area contributed by atoms with Crippen LogP contribution in [-0.2, 0) is 0 Å². The van der Waals surface area contributed by atoms with Crippen LogP contribution in [0.4, 0.5) is 0 Å². The first-order chi connectivity index (χ1) is 8.81. The molecule has 8 heavy (non-hydrogen) atoms. The first kappa shape index (κ1) is 0.980. The van der Waals surface area contributed by atoms with E-state index in [9.17, 15) is 0 Å². The molecule has 50 valence electrons. The van der Waals surface area contributed by atoms with Gasteiger partial charge in [0.1, 0.15) is 0 Å². The average Bonchev–Trinajstić information content (AvgIpc) is 2.26. The van der Waals surface area contributed by atoms with Crippen molar-refractivity contribution in [2.75, 3.05) is 0 Å². The van der Waals surface area contributed by atoms with Crippen LogP contribution in [0, 0.1) is 0 Å². The highest BCUT2D eigenvalue weighted by molar-refractivity contribution is 4.39. The first-order valence-corrected chi connectivity index (χ1v) is 2.31. The summed E-state index contributed by atoms with van der Waals surface area (Å²) in [7, 11) is 0. The van der Waals surface area contributed by atoms with Crippen molar-refractivity contribution in [2.45, 2.75) is 52.1 Å². The minimum Gasteiger partial charge on any atom is -0.0654 e. The second-order valence-corrected chi connectivity index (χ2v) is 1.03. The fourth-order valence-electron chi connectivity index (χ4n) is 0.195. The summed E-state index contributed by atoms with van der Waals surface area (Å²) in [4.78, 5) is 0. The smallest absolute Gasteiger partial charge is 0.0267 e. The van der Waals surface area contributed by atoms with Crippen molar-refractivity contribution in [1.29, 1.82) is 0 Å². The Bertz CT molecular complexity index is 376. The molecule has 0 aliphatic carbocycles. The summed E-state index contributed by atoms with van der Waals surface area (Å²) in [6.07, 6.45) is -18.0. The molecule has 0 aliphatic rings. The lowest BCUT2D eigenvalue weighted by atomic mass is 10.1. The normalized spacial score (nSPS) is 44.4. The van der Waals surface area contributed by atoms with Crippen LogP contribution in [0.1, 0.15) is 69.9 Å². The van der Waals surface area contributed by atoms with E-state index in [-0.39, 0.29) is 0 Å². The van der Waals surface area contributed by atoms with Crippen molar-refractivity contribution in [3.05, 3.63) is 0 Å². The molecule has 0 unspecified atom stereocenters. The van der Waals surface area contributed by atoms with E-state index in [1.165, 1.54) is 6.92 Å². The Hall–Kier alpha value is 0. The summed E-state index contributed by atoms with van der Waals surface area (Å²) in [5.74, 6) is 0. The molecule has 0 N–H and O–H groups in total. The molecule has 0 bridgehead atoms. The third-order valence-electron chi connectivity index (χ3n) is 0.453. The molecule has 0 nitrogen and oxygen atoms in total. The molecule has 0 radical (unpaired) electrons. The topological polar surface area (TPSA) is 0 Å². The van der Waals surface area contributed by atoms with E-state index in [2.05, 4.69) is 0 Å². The minimum atomic E-state index is -3.79. The summed E-state index contributed by atoms with van der Waals surface area (Å²) in [5.41, 5.74) is 0. The van der Waals surface area contributed by atoms with Crippen molar-refractivity contribution in [1.82, 2.24) is 0 Å². The van der Waals surface area contributed by atoms with Crippen molar-refractivity contribution in [3.8, 4) is 0 Å². The molecule has 0 saturated heterocycles. The van der Waals surface area contributed by atoms with Gasteiger partial charge in [-0.15, -0.1) is 0 Å². The second kappa shape index (κ2) is 7.00. The van der Waals surface area contributed by atoms with Crippen molar-refractivity contribution in [3.63, 3.8) is 0 Å². The molecule has 0 atom stereocenters. The van der Waals surface area contributed by atoms with E-state index >= 15 is 0 Å². The predicted molar refractivity (Wildman–Crippen MR) is 39.1 cm³/mol. The van der Waals surface area contributed by atoms with Gasteiger partial charge in [-0.2, -0.15) is 0 Å². The molecule has 0 aromatic rings. The number of rotatable bonds is 5. The standard InChI is InChI=1S/C8H18/c1-3-5-7-8-6-4-2/h3-8H2,1-2H3/i1D3,3D2,5D2,6D2,7D2,8D2. The minimum absolute atomic E-state index is 0.494. The Morgan fingerprint density at radius 1 is 1.25 bits per heavy atom. The largest absolute Gasteiger partial charge is 0.0654 e. The van der Waals surface area contributed by atoms with Crippen LogP contribution in [0.3, 0.4) is 0 Å². The highest BCUT2D eigenvalue weighted by atomic mass is 13.9. The molecule has 0 aromatic carbocycles. The fourth-order valence-corrected chi connectivity index (χ4v) is 0.195. The van der Waals surface area contributed by atoms with E-state index in [0.717, 1.165) is 0 Å². The van der Waals surface area contributed by atoms with Gasteiger partial charge >= 0.3 is 0 Å². The third-order valence-corrected chi connectivity index (χ3v) is 0.453. The Balaban J connectivity index is 6.14. The lowest BCUT2D eigenvalue weighted by Crippen LogP contribution is -1.73. The molecular weight excluding hydrogens is 96.1 g/mol. The molecule has 0 amide bonds. The predicted octanol–water partition coefficient (Wildman–Crippen LogP) is 3.37. The van der Waals surface area contributed by atoms with Crippen molar-refractivity contribution in [2.24, 2.45) is 0 Å². The van der Waals surface area contributed by atoms with Gasteiger partial charge in [0.05, 0.1) is 0 Å². The highest BCUT2D eigenvalue weighted by Crippen LogP contribution is 2.03. The van der Waals surface area contributed by atoms with Crippen LogP contribution in [0.15, 0.2) is 0 Å². The SMILES string of the molecule is [2H]C([2H])([2H])C([2H])([2H])C([2H])([2H])C([2H])([2H])C([2H])([2H])C([2H])([2H])CC. The zero-order chi connectivity index (χ0) is 17.7. The maximum absolute atomic E-state index is 7.61. The van der Waals surface area contributed by atoms with E-state index in [0.29, 0.717) is 0 Å². The lowest BCUT2D eigenvalue weighted by molar-refractivity contribution is 0.624. The summed E-state index contributed by atoms with van der Waals surface area (Å²) in [6.45, 7) is -2.32. The summed E-state index contributed by atoms with van der Waals surface area (Å²) in [5, 5.41) is 0. The average molecular weight is 127 g/mol. The van der Waals surface area contributed by atoms with Crippen LogP contribution in [0.25, 0.3) is 0 Å². The van der Waals surface area contributed by atoms with Crippen molar-refractivity contribution >= 4 is 0 Å². The van der Waals surface area contributed by atoms with Crippen LogP contribution < -0.4 is 0 Å². The first-order valence-electron chi connectivity index (χ1n) is 8.81. The van der Waals surface area contributed by atoms with Gasteiger partial charge < -0.3 is 0 Å². The molecule has 0 spiro atoms. The molecule has 0 heteroatoms. The van der Waals surface area contributed by atoms with Gasteiger partial charge in [0.2, 0.25) is 0 Å². The summed E-state index contributed by atoms with van der Waals surface area (Å²) < 4.78 is 96.3. The molecule has 0 fully saturated rings. The van der Waals surface area contributed by atoms with Gasteiger partial charge in [-0.25, -0.2) is 0 Å². The van der Waals surface area contributed by atoms with Gasteiger partial charge in [-0.05, 0) is 0 Å². The molecule has 0 rings (SSSR count). The van der Waals surface area contributed by atoms with E-state index in [1.807, 2.05) is 0 Å². The maximum Gasteiger partial charge on any atom is 0.0267 e. The van der Waals surface area contributed by atoms with Gasteiger partial charge in [-0.1, -0.05) is 52.1 Å². The highest BCUT2D eigenvalue weighted by Gasteiger charge is 1.83. The summed E-state index contributed by atoms with van der Waals surface area (Å²) >= 11 is 0. The zero-order valence-electron chi connectivity index (χ0n) is 17.7. The van der Waals surface area contributed by atoms with Gasteiger partial charge in [0, 0.05) is 17.8 Å². The van der Waals surface area contributed by atoms with Gasteiger partial charge in [0.25, 0.3) is 0 Å². The third kappa shape index (κ3) is 6.00. The summed E-state index contributed by atoms with van der Waals surface area (Å²) in [6, 6.07) is 0. The monoisotopic (exact) mass is 127 g/mol. The van der Waals surface area contributed by atoms with Gasteiger partial charge in [-0.3, -0.25) is 0 Å². The Morgan fingerprint density at radius 2 is 2.00 bits per heavy atom. The van der Waals surface area contributed by atoms with Crippen LogP contribution in [-0.4, -0.2) is 0 Å². The number of hydrogen-bond acceptors (Lipinski definition) is 0. The molecule has 0 aromatic heterocycles. The van der Waals surface area contributed by atoms with E-state index in [1.54, 1.807) is 0 Å². The Morgan fingerprint density at radius 3 is 2.62 bits per heavy atom. The molecule has 0 heterocycles. The van der Waals surface area contributed by atoms with Gasteiger partial charge in [0.15, 0.2) is 0 Å². The van der Waals surface area contributed by atoms with Crippen LogP contribution >= 0.6 is 0 Å². The molecule has 0 saturated carbocycles. The lowest BCUT2D eigenvalue weighted by Gasteiger charge is -1.93. The second-order valence-electron chi connectivity index (χ2n) is 1.03. The van der Waals surface area contributed by atoms with E-state index < -0.39 is 45.1 Å². The quantitative estimate of drug-likeness (QED) is 0.531. The Labute approximate surface area is 71.6 Å². The number of hydrogen-bond donors (Lipinski definition) is 0. The zero-order valence-corrected chi connectivity index (χ0v) is 4.71. The van der Waals surface area contributed by atoms with Crippen molar-refractivity contribution < 1.29 is 17.8 Å². The van der Waals surface area contributed by atoms with Crippen LogP contribution in [0.5, 0.6) is 0 Å². The maximum atomic E-state index is 7.61. The fraction of sp³-hybridized carbons (Fsp3) is 1.00. The molecular formula is C8H18. The molecule has 0 aliphatic heterocycles. The van der Waals surface area contributed by atoms with Crippen LogP contribution in [0.2, 0.25) is 0 Å². The Kier molecular flexibility index (Phi) is 0.857.